The van der Waals surface area contributed by atoms with E-state index in [-0.39, 0.29) is 5.91 Å². The fourth-order valence-electron chi connectivity index (χ4n) is 4.71. The van der Waals surface area contributed by atoms with E-state index in [2.05, 4.69) is 17.1 Å². The van der Waals surface area contributed by atoms with Crippen LogP contribution < -0.4 is 5.32 Å². The molecule has 3 aromatic rings. The van der Waals surface area contributed by atoms with Gasteiger partial charge in [0.15, 0.2) is 0 Å². The van der Waals surface area contributed by atoms with Gasteiger partial charge in [0.25, 0.3) is 5.91 Å². The molecule has 6 heteroatoms. The highest BCUT2D eigenvalue weighted by atomic mass is 16.5. The van der Waals surface area contributed by atoms with Gasteiger partial charge in [-0.2, -0.15) is 0 Å². The number of carbonyl (C=O) groups is 1. The zero-order chi connectivity index (χ0) is 26.9. The summed E-state index contributed by atoms with van der Waals surface area (Å²) in [7, 11) is 2.01. The second kappa shape index (κ2) is 13.4. The van der Waals surface area contributed by atoms with Crippen LogP contribution in [0.3, 0.4) is 0 Å². The summed E-state index contributed by atoms with van der Waals surface area (Å²) in [6.07, 6.45) is 3.33. The molecule has 0 aliphatic heterocycles. The highest BCUT2D eigenvalue weighted by Gasteiger charge is 2.32. The molecule has 0 saturated heterocycles. The molecule has 0 aromatic heterocycles. The zero-order valence-electron chi connectivity index (χ0n) is 22.7. The Hall–Kier alpha value is -3.48. The van der Waals surface area contributed by atoms with Crippen molar-refractivity contribution in [1.29, 1.82) is 0 Å². The maximum atomic E-state index is 13.1. The molecule has 0 bridgehead atoms. The standard InChI is InChI=1S/C32H39N3O3/c1-4-5-9-19-38-20-18-35(3)23(2)33-28-17-16-27-21-30(36)31(29(27)22-28)34-32(37)26-14-12-25(13-15-26)24-10-7-6-8-11-24/h6-8,10-17,22,30-31,36H,4-5,9,18-21H2,1-3H3,(H,34,37). The number of carbonyl (C=O) groups excluding carboxylic acids is 1. The maximum absolute atomic E-state index is 13.1. The first kappa shape index (κ1) is 27.6. The van der Waals surface area contributed by atoms with Crippen LogP contribution in [0.2, 0.25) is 0 Å². The van der Waals surface area contributed by atoms with Crippen LogP contribution >= 0.6 is 0 Å². The molecular formula is C32H39N3O3. The van der Waals surface area contributed by atoms with Crippen molar-refractivity contribution in [2.45, 2.75) is 51.7 Å². The number of likely N-dealkylation sites (N-methyl/N-ethyl adjacent to an activating group) is 1. The Bertz CT molecular complexity index is 1220. The highest BCUT2D eigenvalue weighted by molar-refractivity contribution is 5.95. The van der Waals surface area contributed by atoms with E-state index in [1.54, 1.807) is 0 Å². The van der Waals surface area contributed by atoms with E-state index in [0.717, 1.165) is 53.3 Å². The topological polar surface area (TPSA) is 74.2 Å². The average Bonchev–Trinajstić information content (AvgIpc) is 3.25. The van der Waals surface area contributed by atoms with E-state index in [4.69, 9.17) is 9.73 Å². The number of unbranched alkanes of at least 4 members (excludes halogenated alkanes) is 2. The Balaban J connectivity index is 1.39. The summed E-state index contributed by atoms with van der Waals surface area (Å²) in [4.78, 5) is 19.9. The number of aliphatic imine (C=N–C) groups is 1. The Labute approximate surface area is 226 Å². The molecule has 4 rings (SSSR count). The van der Waals surface area contributed by atoms with E-state index in [9.17, 15) is 9.90 Å². The van der Waals surface area contributed by atoms with Gasteiger partial charge in [-0.15, -0.1) is 0 Å². The number of nitrogens with one attached hydrogen (secondary N) is 1. The fraction of sp³-hybridized carbons (Fsp3) is 0.375. The lowest BCUT2D eigenvalue weighted by molar-refractivity contribution is 0.0858. The number of rotatable bonds is 11. The molecule has 2 N–H and O–H groups in total. The Kier molecular flexibility index (Phi) is 9.68. The number of amidine groups is 1. The summed E-state index contributed by atoms with van der Waals surface area (Å²) in [6.45, 7) is 6.41. The number of fused-ring (bicyclic) bond motifs is 1. The van der Waals surface area contributed by atoms with Gasteiger partial charge in [-0.1, -0.05) is 68.3 Å². The number of hydrogen-bond donors (Lipinski definition) is 2. The molecular weight excluding hydrogens is 474 g/mol. The van der Waals surface area contributed by atoms with E-state index >= 15 is 0 Å². The third-order valence-electron chi connectivity index (χ3n) is 7.13. The van der Waals surface area contributed by atoms with Gasteiger partial charge in [0.2, 0.25) is 0 Å². The first-order valence-electron chi connectivity index (χ1n) is 13.6. The molecule has 3 aromatic carbocycles. The molecule has 0 spiro atoms. The summed E-state index contributed by atoms with van der Waals surface area (Å²) in [6, 6.07) is 23.1. The van der Waals surface area contributed by atoms with Crippen molar-refractivity contribution in [2.24, 2.45) is 4.99 Å². The van der Waals surface area contributed by atoms with Crippen LogP contribution in [0.15, 0.2) is 77.8 Å². The second-order valence-corrected chi connectivity index (χ2v) is 9.95. The van der Waals surface area contributed by atoms with Crippen molar-refractivity contribution < 1.29 is 14.6 Å². The summed E-state index contributed by atoms with van der Waals surface area (Å²) < 4.78 is 5.73. The van der Waals surface area contributed by atoms with Gasteiger partial charge in [0.05, 0.1) is 24.4 Å². The maximum Gasteiger partial charge on any atom is 0.251 e. The van der Waals surface area contributed by atoms with Crippen LogP contribution in [-0.4, -0.2) is 54.7 Å². The number of aliphatic hydroxyl groups is 1. The van der Waals surface area contributed by atoms with Gasteiger partial charge in [-0.25, -0.2) is 4.99 Å². The summed E-state index contributed by atoms with van der Waals surface area (Å²) in [5.41, 5.74) is 5.48. The quantitative estimate of drug-likeness (QED) is 0.189. The van der Waals surface area contributed by atoms with Crippen molar-refractivity contribution >= 4 is 17.4 Å². The van der Waals surface area contributed by atoms with Crippen LogP contribution in [0.25, 0.3) is 11.1 Å². The number of aliphatic hydroxyl groups excluding tert-OH is 1. The van der Waals surface area contributed by atoms with Gasteiger partial charge in [-0.05, 0) is 59.9 Å². The average molecular weight is 514 g/mol. The molecule has 0 heterocycles. The SMILES string of the molecule is CCCCCOCCN(C)C(C)=Nc1ccc2c(c1)C(NC(=O)c1ccc(-c3ccccc3)cc1)C(O)C2. The fourth-order valence-corrected chi connectivity index (χ4v) is 4.71. The number of amides is 1. The lowest BCUT2D eigenvalue weighted by Crippen LogP contribution is -2.33. The first-order valence-corrected chi connectivity index (χ1v) is 13.6. The molecule has 0 fully saturated rings. The van der Waals surface area contributed by atoms with Crippen molar-refractivity contribution in [3.05, 3.63) is 89.5 Å². The highest BCUT2D eigenvalue weighted by Crippen LogP contribution is 2.34. The smallest absolute Gasteiger partial charge is 0.251 e. The first-order chi connectivity index (χ1) is 18.5. The summed E-state index contributed by atoms with van der Waals surface area (Å²) in [5.74, 6) is 0.685. The molecule has 1 amide bonds. The van der Waals surface area contributed by atoms with Gasteiger partial charge in [0, 0.05) is 32.2 Å². The minimum atomic E-state index is -0.676. The third kappa shape index (κ3) is 7.09. The van der Waals surface area contributed by atoms with Gasteiger partial charge >= 0.3 is 0 Å². The van der Waals surface area contributed by atoms with Gasteiger partial charge < -0.3 is 20.1 Å². The predicted molar refractivity (Wildman–Crippen MR) is 154 cm³/mol. The molecule has 6 nitrogen and oxygen atoms in total. The van der Waals surface area contributed by atoms with Crippen molar-refractivity contribution in [2.75, 3.05) is 26.8 Å². The number of nitrogens with zero attached hydrogens (tertiary/aromatic N) is 2. The predicted octanol–water partition coefficient (Wildman–Crippen LogP) is 5.93. The minimum Gasteiger partial charge on any atom is -0.390 e. The van der Waals surface area contributed by atoms with Crippen molar-refractivity contribution in [3.8, 4) is 11.1 Å². The molecule has 200 valence electrons. The van der Waals surface area contributed by atoms with E-state index in [1.807, 2.05) is 86.8 Å². The van der Waals surface area contributed by atoms with Crippen molar-refractivity contribution in [1.82, 2.24) is 10.2 Å². The Morgan fingerprint density at radius 2 is 1.76 bits per heavy atom. The lowest BCUT2D eigenvalue weighted by atomic mass is 10.0. The monoisotopic (exact) mass is 513 g/mol. The van der Waals surface area contributed by atoms with Crippen molar-refractivity contribution in [3.63, 3.8) is 0 Å². The van der Waals surface area contributed by atoms with E-state index in [0.29, 0.717) is 18.6 Å². The van der Waals surface area contributed by atoms with E-state index < -0.39 is 12.1 Å². The number of hydrogen-bond acceptors (Lipinski definition) is 4. The van der Waals surface area contributed by atoms with Crippen LogP contribution in [0, 0.1) is 0 Å². The van der Waals surface area contributed by atoms with Crippen LogP contribution in [0.4, 0.5) is 5.69 Å². The molecule has 1 aliphatic rings. The third-order valence-corrected chi connectivity index (χ3v) is 7.13. The number of ether oxygens (including phenoxy) is 1. The normalized spacial score (nSPS) is 16.8. The Morgan fingerprint density at radius 3 is 2.50 bits per heavy atom. The van der Waals surface area contributed by atoms with E-state index in [1.165, 1.54) is 12.8 Å². The van der Waals surface area contributed by atoms with Crippen LogP contribution in [0.1, 0.15) is 60.6 Å². The molecule has 2 atom stereocenters. The summed E-state index contributed by atoms with van der Waals surface area (Å²) >= 11 is 0. The molecule has 2 unspecified atom stereocenters. The lowest BCUT2D eigenvalue weighted by Gasteiger charge is -2.20. The molecule has 1 aliphatic carbocycles. The largest absolute Gasteiger partial charge is 0.390 e. The molecule has 0 radical (unpaired) electrons. The minimum absolute atomic E-state index is 0.203. The van der Waals surface area contributed by atoms with Crippen LogP contribution in [-0.2, 0) is 11.2 Å². The molecule has 0 saturated carbocycles. The molecule has 38 heavy (non-hydrogen) atoms. The van der Waals surface area contributed by atoms with Gasteiger partial charge in [-0.3, -0.25) is 4.79 Å². The Morgan fingerprint density at radius 1 is 1.03 bits per heavy atom. The number of benzene rings is 3. The van der Waals surface area contributed by atoms with Crippen LogP contribution in [0.5, 0.6) is 0 Å². The van der Waals surface area contributed by atoms with Gasteiger partial charge in [0.1, 0.15) is 5.84 Å². The second-order valence-electron chi connectivity index (χ2n) is 9.95. The summed E-state index contributed by atoms with van der Waals surface area (Å²) in [5, 5.41) is 13.8. The zero-order valence-corrected chi connectivity index (χ0v) is 22.7.